The first-order valence-electron chi connectivity index (χ1n) is 9.17. The fourth-order valence-electron chi connectivity index (χ4n) is 3.69. The predicted octanol–water partition coefficient (Wildman–Crippen LogP) is 5.51. The van der Waals surface area contributed by atoms with E-state index in [1.165, 1.54) is 12.1 Å². The maximum Gasteiger partial charge on any atom is 0.416 e. The number of fused-ring (bicyclic) bond motifs is 1. The van der Waals surface area contributed by atoms with Gasteiger partial charge in [-0.3, -0.25) is 0 Å². The van der Waals surface area contributed by atoms with Gasteiger partial charge in [-0.05, 0) is 55.0 Å². The zero-order valence-electron chi connectivity index (χ0n) is 14.8. The van der Waals surface area contributed by atoms with Crippen LogP contribution in [0.3, 0.4) is 0 Å². The molecule has 0 saturated carbocycles. The molecule has 0 unspecified atom stereocenters. The van der Waals surface area contributed by atoms with Crippen LogP contribution in [0.1, 0.15) is 24.0 Å². The minimum Gasteiger partial charge on any atom is -0.357 e. The van der Waals surface area contributed by atoms with Crippen molar-refractivity contribution in [2.45, 2.75) is 25.4 Å². The molecule has 0 spiro atoms. The third-order valence-corrected chi connectivity index (χ3v) is 5.25. The highest BCUT2D eigenvalue weighted by Gasteiger charge is 2.30. The van der Waals surface area contributed by atoms with Gasteiger partial charge in [0.25, 0.3) is 0 Å². The molecule has 3 aromatic rings. The standard InChI is InChI=1S/C22H20F3N2/c23-22(24,25)19-8-5-16(6-9-19)15-17-11-13-27(14-12-17)21-10-7-18-3-1-2-4-20(18)26-21/h1-3,5-10,17H,11-15H2. The molecule has 139 valence electrons. The minimum absolute atomic E-state index is 0.491. The number of benzene rings is 2. The van der Waals surface area contributed by atoms with Crippen molar-refractivity contribution >= 4 is 16.7 Å². The monoisotopic (exact) mass is 369 g/mol. The molecule has 4 rings (SSSR count). The van der Waals surface area contributed by atoms with Crippen molar-refractivity contribution in [2.75, 3.05) is 18.0 Å². The highest BCUT2D eigenvalue weighted by atomic mass is 19.4. The number of hydrogen-bond acceptors (Lipinski definition) is 2. The van der Waals surface area contributed by atoms with Crippen LogP contribution >= 0.6 is 0 Å². The quantitative estimate of drug-likeness (QED) is 0.605. The number of piperidine rings is 1. The van der Waals surface area contributed by atoms with Crippen molar-refractivity contribution in [3.63, 3.8) is 0 Å². The van der Waals surface area contributed by atoms with Crippen LogP contribution < -0.4 is 4.90 Å². The molecule has 0 aliphatic carbocycles. The van der Waals surface area contributed by atoms with Gasteiger partial charge in [0.2, 0.25) is 0 Å². The largest absolute Gasteiger partial charge is 0.416 e. The predicted molar refractivity (Wildman–Crippen MR) is 101 cm³/mol. The third-order valence-electron chi connectivity index (χ3n) is 5.25. The van der Waals surface area contributed by atoms with Crippen molar-refractivity contribution in [2.24, 2.45) is 5.92 Å². The van der Waals surface area contributed by atoms with Gasteiger partial charge in [0.1, 0.15) is 5.82 Å². The molecule has 0 N–H and O–H groups in total. The number of hydrogen-bond donors (Lipinski definition) is 0. The Bertz CT molecular complexity index is 911. The van der Waals surface area contributed by atoms with E-state index in [4.69, 9.17) is 4.98 Å². The Balaban J connectivity index is 1.37. The summed E-state index contributed by atoms with van der Waals surface area (Å²) in [4.78, 5) is 6.99. The number of halogens is 3. The van der Waals surface area contributed by atoms with Crippen molar-refractivity contribution in [3.05, 3.63) is 71.8 Å². The number of alkyl halides is 3. The molecule has 2 nitrogen and oxygen atoms in total. The lowest BCUT2D eigenvalue weighted by Gasteiger charge is -2.33. The summed E-state index contributed by atoms with van der Waals surface area (Å²) in [6, 6.07) is 18.7. The molecule has 1 aliphatic rings. The summed E-state index contributed by atoms with van der Waals surface area (Å²) in [5.41, 5.74) is 1.27. The molecule has 1 fully saturated rings. The number of pyridine rings is 1. The van der Waals surface area contributed by atoms with Gasteiger partial charge in [-0.15, -0.1) is 0 Å². The van der Waals surface area contributed by atoms with Crippen LogP contribution in [0.2, 0.25) is 0 Å². The maximum absolute atomic E-state index is 12.7. The first-order chi connectivity index (χ1) is 13.0. The summed E-state index contributed by atoms with van der Waals surface area (Å²) in [5, 5.41) is 1.08. The van der Waals surface area contributed by atoms with E-state index in [1.54, 1.807) is 12.1 Å². The highest BCUT2D eigenvalue weighted by molar-refractivity contribution is 5.79. The van der Waals surface area contributed by atoms with Crippen LogP contribution in [0.25, 0.3) is 10.9 Å². The lowest BCUT2D eigenvalue weighted by Crippen LogP contribution is -2.34. The second kappa shape index (κ2) is 7.22. The fraction of sp³-hybridized carbons (Fsp3) is 0.318. The van der Waals surface area contributed by atoms with Crippen LogP contribution in [0, 0.1) is 12.0 Å². The van der Waals surface area contributed by atoms with Gasteiger partial charge < -0.3 is 4.90 Å². The topological polar surface area (TPSA) is 16.1 Å². The summed E-state index contributed by atoms with van der Waals surface area (Å²) in [7, 11) is 0. The van der Waals surface area contributed by atoms with Crippen LogP contribution in [-0.2, 0) is 12.6 Å². The molecule has 2 aromatic carbocycles. The van der Waals surface area contributed by atoms with Crippen molar-refractivity contribution in [3.8, 4) is 0 Å². The Morgan fingerprint density at radius 3 is 2.44 bits per heavy atom. The van der Waals surface area contributed by atoms with Crippen LogP contribution in [0.4, 0.5) is 19.0 Å². The average molecular weight is 369 g/mol. The zero-order chi connectivity index (χ0) is 18.9. The number of anilines is 1. The van der Waals surface area contributed by atoms with Gasteiger partial charge in [-0.25, -0.2) is 4.98 Å². The number of nitrogens with zero attached hydrogens (tertiary/aromatic N) is 2. The SMILES string of the molecule is FC(F)(F)c1ccc(CC2CCN(c3ccc4ccc[c]c4n3)CC2)cc1. The molecule has 1 aromatic heterocycles. The maximum atomic E-state index is 12.7. The average Bonchev–Trinajstić information content (AvgIpc) is 2.68. The first kappa shape index (κ1) is 17.8. The Morgan fingerprint density at radius 2 is 1.74 bits per heavy atom. The zero-order valence-corrected chi connectivity index (χ0v) is 14.8. The molecule has 0 atom stereocenters. The summed E-state index contributed by atoms with van der Waals surface area (Å²) in [6.07, 6.45) is -1.42. The Morgan fingerprint density at radius 1 is 1.00 bits per heavy atom. The van der Waals surface area contributed by atoms with Gasteiger partial charge in [-0.1, -0.05) is 30.3 Å². The number of aromatic nitrogens is 1. The first-order valence-corrected chi connectivity index (χ1v) is 9.17. The molecule has 5 heteroatoms. The lowest BCUT2D eigenvalue weighted by atomic mass is 9.90. The van der Waals surface area contributed by atoms with Crippen LogP contribution in [0.5, 0.6) is 0 Å². The fourth-order valence-corrected chi connectivity index (χ4v) is 3.69. The number of para-hydroxylation sites is 1. The van der Waals surface area contributed by atoms with E-state index in [0.29, 0.717) is 5.92 Å². The minimum atomic E-state index is -4.27. The molecule has 0 amide bonds. The van der Waals surface area contributed by atoms with Crippen LogP contribution in [0.15, 0.2) is 54.6 Å². The molecule has 0 bridgehead atoms. The molecular weight excluding hydrogens is 349 g/mol. The van der Waals surface area contributed by atoms with E-state index < -0.39 is 11.7 Å². The molecule has 1 radical (unpaired) electrons. The molecule has 2 heterocycles. The smallest absolute Gasteiger partial charge is 0.357 e. The molecule has 27 heavy (non-hydrogen) atoms. The third kappa shape index (κ3) is 4.07. The van der Waals surface area contributed by atoms with Gasteiger partial charge in [0.05, 0.1) is 11.1 Å². The summed E-state index contributed by atoms with van der Waals surface area (Å²) in [6.45, 7) is 1.83. The van der Waals surface area contributed by atoms with Gasteiger partial charge in [-0.2, -0.15) is 13.2 Å². The van der Waals surface area contributed by atoms with E-state index >= 15 is 0 Å². The second-order valence-corrected chi connectivity index (χ2v) is 7.11. The number of rotatable bonds is 3. The lowest BCUT2D eigenvalue weighted by molar-refractivity contribution is -0.137. The summed E-state index contributed by atoms with van der Waals surface area (Å²) >= 11 is 0. The molecule has 1 saturated heterocycles. The van der Waals surface area contributed by atoms with Crippen molar-refractivity contribution < 1.29 is 13.2 Å². The van der Waals surface area contributed by atoms with E-state index in [0.717, 1.165) is 54.6 Å². The highest BCUT2D eigenvalue weighted by Crippen LogP contribution is 2.30. The summed E-state index contributed by atoms with van der Waals surface area (Å²) < 4.78 is 38.0. The van der Waals surface area contributed by atoms with Crippen molar-refractivity contribution in [1.29, 1.82) is 0 Å². The van der Waals surface area contributed by atoms with E-state index in [2.05, 4.69) is 17.0 Å². The molecule has 1 aliphatic heterocycles. The van der Waals surface area contributed by atoms with E-state index in [9.17, 15) is 13.2 Å². The van der Waals surface area contributed by atoms with E-state index in [-0.39, 0.29) is 0 Å². The second-order valence-electron chi connectivity index (χ2n) is 7.11. The van der Waals surface area contributed by atoms with Gasteiger partial charge >= 0.3 is 6.18 Å². The Hall–Kier alpha value is -2.56. The van der Waals surface area contributed by atoms with Gasteiger partial charge in [0, 0.05) is 24.5 Å². The van der Waals surface area contributed by atoms with Crippen LogP contribution in [-0.4, -0.2) is 18.1 Å². The molecular formula is C22H20F3N2. The normalized spacial score (nSPS) is 16.0. The van der Waals surface area contributed by atoms with Crippen molar-refractivity contribution in [1.82, 2.24) is 4.98 Å². The summed E-state index contributed by atoms with van der Waals surface area (Å²) in [5.74, 6) is 1.46. The Kier molecular flexibility index (Phi) is 4.77. The van der Waals surface area contributed by atoms with E-state index in [1.807, 2.05) is 24.3 Å². The Labute approximate surface area is 156 Å². The van der Waals surface area contributed by atoms with Gasteiger partial charge in [0.15, 0.2) is 0 Å².